The summed E-state index contributed by atoms with van der Waals surface area (Å²) in [4.78, 5) is 17.0. The summed E-state index contributed by atoms with van der Waals surface area (Å²) in [5, 5.41) is 9.45. The molecule has 1 aromatic carbocycles. The molecule has 1 aromatic rings. The van der Waals surface area contributed by atoms with E-state index in [1.807, 2.05) is 25.1 Å². The summed E-state index contributed by atoms with van der Waals surface area (Å²) in [5.74, 6) is -1.26. The van der Waals surface area contributed by atoms with Crippen molar-refractivity contribution in [2.75, 3.05) is 6.61 Å². The van der Waals surface area contributed by atoms with Crippen molar-refractivity contribution >= 4 is 5.97 Å². The van der Waals surface area contributed by atoms with Gasteiger partial charge in [0, 0.05) is 19.1 Å². The van der Waals surface area contributed by atoms with Gasteiger partial charge in [-0.25, -0.2) is 0 Å². The van der Waals surface area contributed by atoms with Crippen molar-refractivity contribution in [3.8, 4) is 0 Å². The maximum Gasteiger partial charge on any atom is 0.308 e. The van der Waals surface area contributed by atoms with Crippen LogP contribution in [-0.2, 0) is 20.8 Å². The molecule has 128 valence electrons. The second-order valence-electron chi connectivity index (χ2n) is 6.14. The first-order valence-corrected chi connectivity index (χ1v) is 8.46. The summed E-state index contributed by atoms with van der Waals surface area (Å²) in [7, 11) is 0. The van der Waals surface area contributed by atoms with Crippen LogP contribution in [0.25, 0.3) is 0 Å². The Morgan fingerprint density at radius 1 is 1.39 bits per heavy atom. The van der Waals surface area contributed by atoms with E-state index in [0.29, 0.717) is 13.0 Å². The SMILES string of the molecule is CC(NOC1CCCCO1)C(CCCc1ccccc1)C(=O)O. The maximum atomic E-state index is 11.5. The molecule has 1 fully saturated rings. The number of aliphatic carboxylic acids is 1. The van der Waals surface area contributed by atoms with Gasteiger partial charge in [-0.1, -0.05) is 30.3 Å². The van der Waals surface area contributed by atoms with Gasteiger partial charge in [0.25, 0.3) is 0 Å². The molecule has 0 aliphatic carbocycles. The Morgan fingerprint density at radius 2 is 2.17 bits per heavy atom. The molecule has 0 saturated carbocycles. The average Bonchev–Trinajstić information content (AvgIpc) is 2.58. The molecule has 5 nitrogen and oxygen atoms in total. The van der Waals surface area contributed by atoms with Gasteiger partial charge in [-0.05, 0) is 44.6 Å². The quantitative estimate of drug-likeness (QED) is 0.684. The van der Waals surface area contributed by atoms with Crippen molar-refractivity contribution in [3.63, 3.8) is 0 Å². The molecule has 5 heteroatoms. The van der Waals surface area contributed by atoms with Crippen molar-refractivity contribution in [1.82, 2.24) is 5.48 Å². The molecular weight excluding hydrogens is 294 g/mol. The highest BCUT2D eigenvalue weighted by atomic mass is 16.8. The van der Waals surface area contributed by atoms with Gasteiger partial charge in [0.05, 0.1) is 5.92 Å². The molecule has 0 amide bonds. The number of carboxylic acids is 1. The molecule has 3 unspecified atom stereocenters. The predicted octanol–water partition coefficient (Wildman–Crippen LogP) is 3.15. The van der Waals surface area contributed by atoms with Crippen molar-refractivity contribution < 1.29 is 19.5 Å². The highest BCUT2D eigenvalue weighted by Gasteiger charge is 2.25. The molecular formula is C18H27NO4. The van der Waals surface area contributed by atoms with Gasteiger partial charge in [0.15, 0.2) is 6.29 Å². The molecule has 2 rings (SSSR count). The van der Waals surface area contributed by atoms with E-state index in [-0.39, 0.29) is 12.3 Å². The maximum absolute atomic E-state index is 11.5. The fourth-order valence-corrected chi connectivity index (χ4v) is 2.83. The fraction of sp³-hybridized carbons (Fsp3) is 0.611. The van der Waals surface area contributed by atoms with Crippen molar-refractivity contribution in [3.05, 3.63) is 35.9 Å². The van der Waals surface area contributed by atoms with Crippen LogP contribution >= 0.6 is 0 Å². The van der Waals surface area contributed by atoms with Crippen LogP contribution in [0.4, 0.5) is 0 Å². The molecule has 0 radical (unpaired) electrons. The van der Waals surface area contributed by atoms with E-state index in [4.69, 9.17) is 9.57 Å². The van der Waals surface area contributed by atoms with Crippen LogP contribution in [0, 0.1) is 5.92 Å². The molecule has 23 heavy (non-hydrogen) atoms. The number of hydroxylamine groups is 1. The van der Waals surface area contributed by atoms with Crippen LogP contribution in [0.5, 0.6) is 0 Å². The van der Waals surface area contributed by atoms with E-state index in [0.717, 1.165) is 32.1 Å². The first-order valence-electron chi connectivity index (χ1n) is 8.46. The Hall–Kier alpha value is -1.43. The van der Waals surface area contributed by atoms with Gasteiger partial charge in [0.2, 0.25) is 0 Å². The summed E-state index contributed by atoms with van der Waals surface area (Å²) < 4.78 is 5.48. The van der Waals surface area contributed by atoms with Gasteiger partial charge in [-0.2, -0.15) is 5.48 Å². The third-order valence-corrected chi connectivity index (χ3v) is 4.27. The number of aryl methyl sites for hydroxylation is 1. The van der Waals surface area contributed by atoms with E-state index < -0.39 is 11.9 Å². The van der Waals surface area contributed by atoms with Gasteiger partial charge < -0.3 is 9.84 Å². The number of hydrogen-bond acceptors (Lipinski definition) is 4. The topological polar surface area (TPSA) is 67.8 Å². The minimum Gasteiger partial charge on any atom is -0.481 e. The zero-order valence-corrected chi connectivity index (χ0v) is 13.7. The third kappa shape index (κ3) is 6.29. The van der Waals surface area contributed by atoms with Crippen molar-refractivity contribution in [2.45, 2.75) is 57.8 Å². The molecule has 0 aromatic heterocycles. The monoisotopic (exact) mass is 321 g/mol. The average molecular weight is 321 g/mol. The van der Waals surface area contributed by atoms with E-state index >= 15 is 0 Å². The lowest BCUT2D eigenvalue weighted by Gasteiger charge is -2.26. The van der Waals surface area contributed by atoms with Crippen LogP contribution in [-0.4, -0.2) is 30.0 Å². The van der Waals surface area contributed by atoms with Crippen LogP contribution in [0.3, 0.4) is 0 Å². The Balaban J connectivity index is 1.74. The Kier molecular flexibility index (Phi) is 7.52. The molecule has 1 aliphatic heterocycles. The second-order valence-corrected chi connectivity index (χ2v) is 6.14. The van der Waals surface area contributed by atoms with Gasteiger partial charge in [-0.15, -0.1) is 0 Å². The molecule has 1 heterocycles. The van der Waals surface area contributed by atoms with Gasteiger partial charge >= 0.3 is 5.97 Å². The van der Waals surface area contributed by atoms with Crippen molar-refractivity contribution in [2.24, 2.45) is 5.92 Å². The lowest BCUT2D eigenvalue weighted by molar-refractivity contribution is -0.206. The molecule has 1 saturated heterocycles. The zero-order valence-electron chi connectivity index (χ0n) is 13.7. The third-order valence-electron chi connectivity index (χ3n) is 4.27. The van der Waals surface area contributed by atoms with E-state index in [2.05, 4.69) is 17.6 Å². The van der Waals surface area contributed by atoms with Gasteiger partial charge in [0.1, 0.15) is 0 Å². The number of hydrogen-bond donors (Lipinski definition) is 2. The minimum absolute atomic E-state index is 0.256. The summed E-state index contributed by atoms with van der Waals surface area (Å²) >= 11 is 0. The molecule has 0 spiro atoms. The van der Waals surface area contributed by atoms with E-state index in [1.165, 1.54) is 5.56 Å². The van der Waals surface area contributed by atoms with Crippen LogP contribution < -0.4 is 5.48 Å². The van der Waals surface area contributed by atoms with Crippen LogP contribution in [0.2, 0.25) is 0 Å². The number of ether oxygens (including phenoxy) is 1. The Morgan fingerprint density at radius 3 is 2.83 bits per heavy atom. The van der Waals surface area contributed by atoms with E-state index in [1.54, 1.807) is 0 Å². The molecule has 1 aliphatic rings. The lowest BCUT2D eigenvalue weighted by Crippen LogP contribution is -2.41. The molecule has 2 N–H and O–H groups in total. The summed E-state index contributed by atoms with van der Waals surface area (Å²) in [6, 6.07) is 9.88. The van der Waals surface area contributed by atoms with Crippen molar-refractivity contribution in [1.29, 1.82) is 0 Å². The highest BCUT2D eigenvalue weighted by molar-refractivity contribution is 5.70. The number of nitrogens with one attached hydrogen (secondary N) is 1. The number of benzene rings is 1. The Labute approximate surface area is 137 Å². The van der Waals surface area contributed by atoms with Gasteiger partial charge in [-0.3, -0.25) is 9.63 Å². The van der Waals surface area contributed by atoms with Crippen LogP contribution in [0.1, 0.15) is 44.6 Å². The summed E-state index contributed by atoms with van der Waals surface area (Å²) in [5.41, 5.74) is 4.12. The fourth-order valence-electron chi connectivity index (χ4n) is 2.83. The smallest absolute Gasteiger partial charge is 0.308 e. The molecule has 0 bridgehead atoms. The highest BCUT2D eigenvalue weighted by Crippen LogP contribution is 2.17. The standard InChI is InChI=1S/C18H27NO4/c1-14(19-23-17-12-5-6-13-22-17)16(18(20)21)11-7-10-15-8-3-2-4-9-15/h2-4,8-9,14,16-17,19H,5-7,10-13H2,1H3,(H,20,21). The number of carbonyl (C=O) groups is 1. The Bertz CT molecular complexity index is 459. The molecule has 3 atom stereocenters. The number of rotatable bonds is 9. The predicted molar refractivity (Wildman–Crippen MR) is 87.8 cm³/mol. The first-order chi connectivity index (χ1) is 11.2. The largest absolute Gasteiger partial charge is 0.481 e. The van der Waals surface area contributed by atoms with Crippen LogP contribution in [0.15, 0.2) is 30.3 Å². The summed E-state index contributed by atoms with van der Waals surface area (Å²) in [6.07, 6.45) is 5.09. The number of carboxylic acid groups (broad SMARTS) is 1. The van der Waals surface area contributed by atoms with E-state index in [9.17, 15) is 9.90 Å². The normalized spacial score (nSPS) is 20.8. The first kappa shape index (κ1) is 17.9. The summed E-state index contributed by atoms with van der Waals surface area (Å²) in [6.45, 7) is 2.56. The second kappa shape index (κ2) is 9.65. The lowest BCUT2D eigenvalue weighted by atomic mass is 9.94. The zero-order chi connectivity index (χ0) is 16.5. The minimum atomic E-state index is -0.786.